The van der Waals surface area contributed by atoms with Gasteiger partial charge in [-0.3, -0.25) is 9.59 Å². The fraction of sp³-hybridized carbons (Fsp3) is 0.769. The van der Waals surface area contributed by atoms with Crippen molar-refractivity contribution < 1.29 is 22.8 Å². The van der Waals surface area contributed by atoms with E-state index in [4.69, 9.17) is 11.0 Å². The van der Waals surface area contributed by atoms with Crippen LogP contribution < -0.4 is 5.73 Å². The number of halogens is 3. The summed E-state index contributed by atoms with van der Waals surface area (Å²) in [5.41, 5.74) is 2.67. The molecule has 8 heteroatoms. The topological polar surface area (TPSA) is 87.2 Å². The normalized spacial score (nSPS) is 29.8. The van der Waals surface area contributed by atoms with Gasteiger partial charge in [0.15, 0.2) is 0 Å². The second-order valence-corrected chi connectivity index (χ2v) is 5.77. The Morgan fingerprint density at radius 3 is 2.29 bits per heavy atom. The molecule has 0 aromatic carbocycles. The zero-order valence-electron chi connectivity index (χ0n) is 11.3. The fourth-order valence-corrected chi connectivity index (χ4v) is 2.93. The number of piperidine rings is 1. The van der Waals surface area contributed by atoms with Crippen LogP contribution in [0.5, 0.6) is 0 Å². The fourth-order valence-electron chi connectivity index (χ4n) is 2.93. The molecule has 2 N–H and O–H groups in total. The molecule has 2 rings (SSSR count). The van der Waals surface area contributed by atoms with Crippen LogP contribution in [0.4, 0.5) is 13.2 Å². The van der Waals surface area contributed by atoms with Gasteiger partial charge in [-0.15, -0.1) is 0 Å². The molecular weight excluding hydrogens is 287 g/mol. The highest BCUT2D eigenvalue weighted by Gasteiger charge is 2.73. The number of hydrogen-bond acceptors (Lipinski definition) is 3. The predicted molar refractivity (Wildman–Crippen MR) is 65.3 cm³/mol. The smallest absolute Gasteiger partial charge is 0.369 e. The third-order valence-corrected chi connectivity index (χ3v) is 4.48. The van der Waals surface area contributed by atoms with Gasteiger partial charge < -0.3 is 10.6 Å². The number of carbonyl (C=O) groups is 2. The summed E-state index contributed by atoms with van der Waals surface area (Å²) in [4.78, 5) is 24.4. The van der Waals surface area contributed by atoms with Crippen molar-refractivity contribution >= 4 is 11.8 Å². The maximum absolute atomic E-state index is 13.1. The minimum atomic E-state index is -4.62. The first-order chi connectivity index (χ1) is 9.71. The third kappa shape index (κ3) is 2.82. The SMILES string of the molecule is N#CC1CCN(C(=O)C[C@@]2(C(F)(F)F)CC2C(N)=O)CC1. The zero-order valence-corrected chi connectivity index (χ0v) is 11.3. The van der Waals surface area contributed by atoms with Crippen LogP contribution in [0.25, 0.3) is 0 Å². The van der Waals surface area contributed by atoms with Crippen LogP contribution in [-0.2, 0) is 9.59 Å². The zero-order chi connectivity index (χ0) is 15.8. The summed E-state index contributed by atoms with van der Waals surface area (Å²) in [6, 6.07) is 2.09. The number of nitriles is 1. The van der Waals surface area contributed by atoms with Gasteiger partial charge in [0, 0.05) is 25.4 Å². The molecule has 1 saturated carbocycles. The van der Waals surface area contributed by atoms with Gasteiger partial charge in [0.1, 0.15) is 0 Å². The van der Waals surface area contributed by atoms with E-state index in [0.29, 0.717) is 12.8 Å². The minimum Gasteiger partial charge on any atom is -0.369 e. The maximum Gasteiger partial charge on any atom is 0.395 e. The van der Waals surface area contributed by atoms with Crippen molar-refractivity contribution in [3.8, 4) is 6.07 Å². The van der Waals surface area contributed by atoms with E-state index < -0.39 is 42.2 Å². The van der Waals surface area contributed by atoms with Gasteiger partial charge in [-0.05, 0) is 19.3 Å². The number of hydrogen-bond donors (Lipinski definition) is 1. The minimum absolute atomic E-state index is 0.148. The first-order valence-corrected chi connectivity index (χ1v) is 6.74. The molecule has 0 radical (unpaired) electrons. The van der Waals surface area contributed by atoms with E-state index in [1.807, 2.05) is 0 Å². The summed E-state index contributed by atoms with van der Waals surface area (Å²) in [6.45, 7) is 0.568. The third-order valence-electron chi connectivity index (χ3n) is 4.48. The van der Waals surface area contributed by atoms with Crippen LogP contribution in [0.3, 0.4) is 0 Å². The Kier molecular flexibility index (Phi) is 3.87. The largest absolute Gasteiger partial charge is 0.395 e. The van der Waals surface area contributed by atoms with Crippen LogP contribution in [0.1, 0.15) is 25.7 Å². The van der Waals surface area contributed by atoms with E-state index in [0.717, 1.165) is 0 Å². The summed E-state index contributed by atoms with van der Waals surface area (Å²) >= 11 is 0. The molecule has 0 spiro atoms. The molecule has 1 saturated heterocycles. The Balaban J connectivity index is 2.01. The molecule has 2 amide bonds. The lowest BCUT2D eigenvalue weighted by atomic mass is 9.94. The van der Waals surface area contributed by atoms with Crippen molar-refractivity contribution in [2.45, 2.75) is 31.9 Å². The number of nitrogens with zero attached hydrogens (tertiary/aromatic N) is 2. The molecule has 0 aromatic heterocycles. The molecule has 0 aromatic rings. The highest BCUT2D eigenvalue weighted by atomic mass is 19.4. The lowest BCUT2D eigenvalue weighted by Gasteiger charge is -2.31. The molecule has 2 atom stereocenters. The summed E-state index contributed by atoms with van der Waals surface area (Å²) in [5, 5.41) is 8.76. The molecule has 116 valence electrons. The number of amides is 2. The number of rotatable bonds is 3. The Bertz CT molecular complexity index is 492. The van der Waals surface area contributed by atoms with Crippen LogP contribution in [0.2, 0.25) is 0 Å². The standard InChI is InChI=1S/C13H16F3N3O2/c14-13(15,16)12(5-9(12)11(18)21)6-10(20)19-3-1-8(7-17)2-4-19/h8-9H,1-6H2,(H2,18,21)/t9?,12-/m0/s1. The first-order valence-electron chi connectivity index (χ1n) is 6.74. The van der Waals surface area contributed by atoms with Crippen molar-refractivity contribution in [1.82, 2.24) is 4.90 Å². The van der Waals surface area contributed by atoms with Gasteiger partial charge >= 0.3 is 6.18 Å². The molecule has 1 unspecified atom stereocenters. The highest BCUT2D eigenvalue weighted by Crippen LogP contribution is 2.64. The molecule has 2 aliphatic rings. The van der Waals surface area contributed by atoms with E-state index in [1.54, 1.807) is 0 Å². The first kappa shape index (κ1) is 15.6. The summed E-state index contributed by atoms with van der Waals surface area (Å²) in [5.74, 6) is -3.08. The van der Waals surface area contributed by atoms with Crippen LogP contribution >= 0.6 is 0 Å². The number of carbonyl (C=O) groups excluding carboxylic acids is 2. The molecule has 1 aliphatic carbocycles. The number of primary amides is 1. The Morgan fingerprint density at radius 1 is 1.33 bits per heavy atom. The van der Waals surface area contributed by atoms with Gasteiger partial charge in [-0.2, -0.15) is 18.4 Å². The number of alkyl halides is 3. The van der Waals surface area contributed by atoms with E-state index in [9.17, 15) is 22.8 Å². The van der Waals surface area contributed by atoms with Crippen LogP contribution in [0, 0.1) is 28.6 Å². The predicted octanol–water partition coefficient (Wildman–Crippen LogP) is 1.19. The van der Waals surface area contributed by atoms with Gasteiger partial charge in [0.05, 0.1) is 17.4 Å². The summed E-state index contributed by atoms with van der Waals surface area (Å²) < 4.78 is 39.4. The second kappa shape index (κ2) is 5.20. The Labute approximate surface area is 119 Å². The van der Waals surface area contributed by atoms with Gasteiger partial charge in [0.25, 0.3) is 0 Å². The van der Waals surface area contributed by atoms with Crippen molar-refractivity contribution in [2.75, 3.05) is 13.1 Å². The molecule has 0 bridgehead atoms. The van der Waals surface area contributed by atoms with Gasteiger partial charge in [-0.1, -0.05) is 0 Å². The average molecular weight is 303 g/mol. The molecule has 21 heavy (non-hydrogen) atoms. The van der Waals surface area contributed by atoms with Crippen molar-refractivity contribution in [1.29, 1.82) is 5.26 Å². The second-order valence-electron chi connectivity index (χ2n) is 5.77. The summed E-state index contributed by atoms with van der Waals surface area (Å²) in [6.07, 6.45) is -4.82. The van der Waals surface area contributed by atoms with E-state index in [2.05, 4.69) is 6.07 Å². The van der Waals surface area contributed by atoms with Crippen molar-refractivity contribution in [3.63, 3.8) is 0 Å². The Morgan fingerprint density at radius 2 is 1.90 bits per heavy atom. The van der Waals surface area contributed by atoms with E-state index in [-0.39, 0.29) is 19.0 Å². The Hall–Kier alpha value is -1.78. The average Bonchev–Trinajstić information content (AvgIpc) is 3.14. The molecule has 1 aliphatic heterocycles. The maximum atomic E-state index is 13.1. The molecule has 1 heterocycles. The quantitative estimate of drug-likeness (QED) is 0.849. The van der Waals surface area contributed by atoms with Crippen molar-refractivity contribution in [2.24, 2.45) is 23.0 Å². The molecule has 5 nitrogen and oxygen atoms in total. The van der Waals surface area contributed by atoms with Gasteiger partial charge in [0.2, 0.25) is 11.8 Å². The van der Waals surface area contributed by atoms with Crippen LogP contribution in [0.15, 0.2) is 0 Å². The van der Waals surface area contributed by atoms with Crippen LogP contribution in [-0.4, -0.2) is 36.0 Å². The monoisotopic (exact) mass is 303 g/mol. The highest BCUT2D eigenvalue weighted by molar-refractivity contribution is 5.84. The number of likely N-dealkylation sites (tertiary alicyclic amines) is 1. The number of nitrogens with two attached hydrogens (primary N) is 1. The van der Waals surface area contributed by atoms with E-state index >= 15 is 0 Å². The van der Waals surface area contributed by atoms with Crippen molar-refractivity contribution in [3.05, 3.63) is 0 Å². The summed E-state index contributed by atoms with van der Waals surface area (Å²) in [7, 11) is 0. The lowest BCUT2D eigenvalue weighted by molar-refractivity contribution is -0.197. The van der Waals surface area contributed by atoms with E-state index in [1.165, 1.54) is 4.90 Å². The molecule has 2 fully saturated rings. The lowest BCUT2D eigenvalue weighted by Crippen LogP contribution is -2.42. The van der Waals surface area contributed by atoms with Gasteiger partial charge in [-0.25, -0.2) is 0 Å². The molecular formula is C13H16F3N3O2.